The van der Waals surface area contributed by atoms with Crippen LogP contribution in [0, 0.1) is 0 Å². The van der Waals surface area contributed by atoms with E-state index < -0.39 is 5.97 Å². The van der Waals surface area contributed by atoms with Gasteiger partial charge in [-0.3, -0.25) is 9.59 Å². The number of ketones is 1. The summed E-state index contributed by atoms with van der Waals surface area (Å²) >= 11 is 8.51. The van der Waals surface area contributed by atoms with E-state index in [1.165, 1.54) is 11.3 Å². The zero-order valence-corrected chi connectivity index (χ0v) is 14.3. The maximum atomic E-state index is 11.8. The molecule has 0 radical (unpaired) electrons. The minimum absolute atomic E-state index is 0.207. The number of ether oxygens (including phenoxy) is 1. The molecule has 0 saturated heterocycles. The largest absolute Gasteiger partial charge is 0.457 e. The number of esters is 1. The molecule has 0 saturated carbocycles. The van der Waals surface area contributed by atoms with Gasteiger partial charge in [0.1, 0.15) is 0 Å². The Balaban J connectivity index is 1.48. The number of thiazole rings is 1. The average Bonchev–Trinajstić information content (AvgIpc) is 3.16. The highest BCUT2D eigenvalue weighted by Gasteiger charge is 2.13. The predicted octanol–water partition coefficient (Wildman–Crippen LogP) is 4.37. The van der Waals surface area contributed by atoms with Crippen molar-refractivity contribution in [2.24, 2.45) is 0 Å². The number of halogens is 1. The van der Waals surface area contributed by atoms with Crippen molar-refractivity contribution in [2.75, 3.05) is 6.61 Å². The van der Waals surface area contributed by atoms with Crippen LogP contribution in [0.2, 0.25) is 4.34 Å². The average molecular weight is 366 g/mol. The lowest BCUT2D eigenvalue weighted by atomic mass is 10.3. The van der Waals surface area contributed by atoms with Gasteiger partial charge in [0.15, 0.2) is 6.61 Å². The fourth-order valence-corrected chi connectivity index (χ4v) is 3.92. The van der Waals surface area contributed by atoms with E-state index in [0.29, 0.717) is 15.6 Å². The number of thiophene rings is 1. The Labute approximate surface area is 145 Å². The Morgan fingerprint density at radius 1 is 1.13 bits per heavy atom. The highest BCUT2D eigenvalue weighted by atomic mass is 35.5. The van der Waals surface area contributed by atoms with Crippen LogP contribution in [0.15, 0.2) is 36.4 Å². The first-order chi connectivity index (χ1) is 11.1. The highest BCUT2D eigenvalue weighted by Crippen LogP contribution is 2.23. The lowest BCUT2D eigenvalue weighted by Gasteiger charge is -2.02. The van der Waals surface area contributed by atoms with E-state index in [2.05, 4.69) is 4.98 Å². The first-order valence-electron chi connectivity index (χ1n) is 6.90. The van der Waals surface area contributed by atoms with E-state index in [9.17, 15) is 9.59 Å². The van der Waals surface area contributed by atoms with Gasteiger partial charge in [-0.2, -0.15) is 0 Å². The second-order valence-corrected chi connectivity index (χ2v) is 7.59. The number of Topliss-reactive ketones (excluding diaryl/α,β-unsaturated/α-hetero) is 1. The van der Waals surface area contributed by atoms with Crippen molar-refractivity contribution in [1.29, 1.82) is 0 Å². The lowest BCUT2D eigenvalue weighted by molar-refractivity contribution is -0.142. The number of fused-ring (bicyclic) bond motifs is 1. The molecule has 0 aliphatic rings. The molecule has 2 aromatic heterocycles. The van der Waals surface area contributed by atoms with E-state index in [4.69, 9.17) is 16.3 Å². The topological polar surface area (TPSA) is 56.3 Å². The summed E-state index contributed by atoms with van der Waals surface area (Å²) in [6, 6.07) is 11.1. The number of nitrogens with zero attached hydrogens (tertiary/aromatic N) is 1. The molecule has 0 aliphatic heterocycles. The van der Waals surface area contributed by atoms with Gasteiger partial charge in [0.2, 0.25) is 5.78 Å². The van der Waals surface area contributed by atoms with Gasteiger partial charge in [-0.1, -0.05) is 23.7 Å². The number of carbonyl (C=O) groups excluding carboxylic acids is 2. The van der Waals surface area contributed by atoms with Gasteiger partial charge in [-0.25, -0.2) is 4.98 Å². The van der Waals surface area contributed by atoms with Crippen molar-refractivity contribution >= 4 is 56.2 Å². The van der Waals surface area contributed by atoms with E-state index in [-0.39, 0.29) is 18.8 Å². The summed E-state index contributed by atoms with van der Waals surface area (Å²) in [7, 11) is 0. The molecule has 0 atom stereocenters. The third kappa shape index (κ3) is 4.16. The van der Waals surface area contributed by atoms with Crippen molar-refractivity contribution in [3.63, 3.8) is 0 Å². The number of aromatic nitrogens is 1. The van der Waals surface area contributed by atoms with Crippen LogP contribution in [0.5, 0.6) is 0 Å². The van der Waals surface area contributed by atoms with E-state index in [1.54, 1.807) is 23.5 Å². The van der Waals surface area contributed by atoms with Crippen molar-refractivity contribution < 1.29 is 14.3 Å². The van der Waals surface area contributed by atoms with E-state index in [0.717, 1.165) is 15.2 Å². The number of para-hydroxylation sites is 1. The summed E-state index contributed by atoms with van der Waals surface area (Å²) in [4.78, 5) is 28.5. The van der Waals surface area contributed by atoms with Gasteiger partial charge in [-0.05, 0) is 24.3 Å². The molecule has 0 fully saturated rings. The predicted molar refractivity (Wildman–Crippen MR) is 92.6 cm³/mol. The molecule has 1 aromatic carbocycles. The molecular formula is C16H12ClNO3S2. The van der Waals surface area contributed by atoms with E-state index in [1.807, 2.05) is 24.3 Å². The monoisotopic (exact) mass is 365 g/mol. The van der Waals surface area contributed by atoms with Crippen LogP contribution >= 0.6 is 34.3 Å². The molecule has 3 rings (SSSR count). The molecule has 4 nitrogen and oxygen atoms in total. The standard InChI is InChI=1S/C16H12ClNO3S2/c17-14-6-5-13(22-14)11(19)9-21-16(20)8-7-15-18-10-3-1-2-4-12(10)23-15/h1-6H,7-9H2. The van der Waals surface area contributed by atoms with Gasteiger partial charge < -0.3 is 4.74 Å². The summed E-state index contributed by atoms with van der Waals surface area (Å²) in [6.45, 7) is -0.254. The number of hydrogen-bond donors (Lipinski definition) is 0. The Kier molecular flexibility index (Phi) is 5.05. The summed E-state index contributed by atoms with van der Waals surface area (Å²) in [5.74, 6) is -0.643. The fourth-order valence-electron chi connectivity index (χ4n) is 1.99. The molecule has 7 heteroatoms. The molecule has 0 N–H and O–H groups in total. The number of benzene rings is 1. The Hall–Kier alpha value is -1.76. The molecule has 118 valence electrons. The minimum Gasteiger partial charge on any atom is -0.457 e. The number of carbonyl (C=O) groups is 2. The quantitative estimate of drug-likeness (QED) is 0.480. The van der Waals surface area contributed by atoms with Gasteiger partial charge in [0, 0.05) is 6.42 Å². The third-order valence-electron chi connectivity index (χ3n) is 3.09. The molecule has 0 spiro atoms. The van der Waals surface area contributed by atoms with Gasteiger partial charge in [-0.15, -0.1) is 22.7 Å². The van der Waals surface area contributed by atoms with Crippen LogP contribution in [-0.4, -0.2) is 23.3 Å². The summed E-state index contributed by atoms with van der Waals surface area (Å²) < 4.78 is 6.65. The van der Waals surface area contributed by atoms with Crippen molar-refractivity contribution in [3.05, 3.63) is 50.6 Å². The first-order valence-corrected chi connectivity index (χ1v) is 8.91. The van der Waals surface area contributed by atoms with Crippen LogP contribution in [0.3, 0.4) is 0 Å². The maximum Gasteiger partial charge on any atom is 0.306 e. The summed E-state index contributed by atoms with van der Waals surface area (Å²) in [5, 5.41) is 0.888. The Morgan fingerprint density at radius 2 is 1.96 bits per heavy atom. The van der Waals surface area contributed by atoms with Gasteiger partial charge in [0.25, 0.3) is 0 Å². The van der Waals surface area contributed by atoms with Gasteiger partial charge in [0.05, 0.1) is 30.9 Å². The lowest BCUT2D eigenvalue weighted by Crippen LogP contribution is -2.13. The van der Waals surface area contributed by atoms with Crippen LogP contribution in [0.25, 0.3) is 10.2 Å². The smallest absolute Gasteiger partial charge is 0.306 e. The van der Waals surface area contributed by atoms with Crippen molar-refractivity contribution in [2.45, 2.75) is 12.8 Å². The number of hydrogen-bond acceptors (Lipinski definition) is 6. The molecule has 0 unspecified atom stereocenters. The Bertz CT molecular complexity index is 823. The molecular weight excluding hydrogens is 354 g/mol. The zero-order chi connectivity index (χ0) is 16.2. The molecule has 0 amide bonds. The molecule has 0 aliphatic carbocycles. The van der Waals surface area contributed by atoms with Crippen LogP contribution in [-0.2, 0) is 16.0 Å². The highest BCUT2D eigenvalue weighted by molar-refractivity contribution is 7.18. The number of rotatable bonds is 6. The van der Waals surface area contributed by atoms with Crippen LogP contribution < -0.4 is 0 Å². The number of aryl methyl sites for hydroxylation is 1. The maximum absolute atomic E-state index is 11.8. The fraction of sp³-hybridized carbons (Fsp3) is 0.188. The minimum atomic E-state index is -0.403. The van der Waals surface area contributed by atoms with Gasteiger partial charge >= 0.3 is 5.97 Å². The molecule has 2 heterocycles. The second-order valence-electron chi connectivity index (χ2n) is 4.76. The first kappa shape index (κ1) is 16.1. The van der Waals surface area contributed by atoms with Crippen molar-refractivity contribution in [3.8, 4) is 0 Å². The van der Waals surface area contributed by atoms with Crippen LogP contribution in [0.1, 0.15) is 21.1 Å². The normalized spacial score (nSPS) is 10.8. The second kappa shape index (κ2) is 7.21. The molecule has 23 heavy (non-hydrogen) atoms. The van der Waals surface area contributed by atoms with Crippen molar-refractivity contribution in [1.82, 2.24) is 4.98 Å². The summed E-state index contributed by atoms with van der Waals surface area (Å²) in [5.41, 5.74) is 0.936. The third-order valence-corrected chi connectivity index (χ3v) is 5.46. The zero-order valence-electron chi connectivity index (χ0n) is 12.0. The summed E-state index contributed by atoms with van der Waals surface area (Å²) in [6.07, 6.45) is 0.718. The van der Waals surface area contributed by atoms with E-state index >= 15 is 0 Å². The Morgan fingerprint density at radius 3 is 2.70 bits per heavy atom. The van der Waals surface area contributed by atoms with Crippen LogP contribution in [0.4, 0.5) is 0 Å². The molecule has 0 bridgehead atoms. The molecule has 3 aromatic rings. The SMILES string of the molecule is O=C(CCc1nc2ccccc2s1)OCC(=O)c1ccc(Cl)s1.